The number of aromatic amines is 1. The third-order valence-electron chi connectivity index (χ3n) is 3.80. The van der Waals surface area contributed by atoms with Crippen molar-refractivity contribution in [3.63, 3.8) is 0 Å². The molecule has 0 saturated carbocycles. The topological polar surface area (TPSA) is 80.1 Å². The molecule has 0 bridgehead atoms. The number of hydrogen-bond acceptors (Lipinski definition) is 4. The Balaban J connectivity index is 1.81. The fourth-order valence-corrected chi connectivity index (χ4v) is 2.73. The summed E-state index contributed by atoms with van der Waals surface area (Å²) in [7, 11) is 1.62. The van der Waals surface area contributed by atoms with Crippen molar-refractivity contribution in [3.8, 4) is 17.2 Å². The average Bonchev–Trinajstić information content (AvgIpc) is 3.25. The van der Waals surface area contributed by atoms with Crippen molar-refractivity contribution in [3.05, 3.63) is 59.5 Å². The average molecular weight is 295 g/mol. The maximum Gasteiger partial charge on any atom is 0.272 e. The fourth-order valence-electron chi connectivity index (χ4n) is 2.73. The molecule has 0 fully saturated rings. The number of carbonyl (C=O) groups excluding carboxylic acids is 1. The van der Waals surface area contributed by atoms with Gasteiger partial charge < -0.3 is 14.5 Å². The van der Waals surface area contributed by atoms with Gasteiger partial charge in [0.1, 0.15) is 11.4 Å². The maximum atomic E-state index is 12.1. The summed E-state index contributed by atoms with van der Waals surface area (Å²) in [5.74, 6) is 1.24. The number of aromatic nitrogens is 2. The van der Waals surface area contributed by atoms with E-state index in [0.29, 0.717) is 11.5 Å². The van der Waals surface area contributed by atoms with E-state index in [0.717, 1.165) is 22.6 Å². The quantitative estimate of drug-likeness (QED) is 0.778. The molecule has 4 rings (SSSR count). The number of carbonyl (C=O) groups is 1. The number of H-pyrrole nitrogens is 1. The zero-order chi connectivity index (χ0) is 15.1. The summed E-state index contributed by atoms with van der Waals surface area (Å²) in [6, 6.07) is 11.0. The molecule has 0 unspecified atom stereocenters. The van der Waals surface area contributed by atoms with Gasteiger partial charge in [0.05, 0.1) is 19.4 Å². The van der Waals surface area contributed by atoms with Crippen molar-refractivity contribution >= 4 is 5.91 Å². The number of nitrogens with one attached hydrogen (secondary N) is 2. The molecule has 1 aromatic carbocycles. The van der Waals surface area contributed by atoms with E-state index in [1.54, 1.807) is 19.4 Å². The molecule has 0 spiro atoms. The van der Waals surface area contributed by atoms with Crippen LogP contribution in [0.3, 0.4) is 0 Å². The first kappa shape index (κ1) is 12.7. The van der Waals surface area contributed by atoms with Gasteiger partial charge in [0.15, 0.2) is 11.5 Å². The third kappa shape index (κ3) is 1.81. The van der Waals surface area contributed by atoms with E-state index >= 15 is 0 Å². The lowest BCUT2D eigenvalue weighted by atomic mass is 9.99. The fraction of sp³-hybridized carbons (Fsp3) is 0.125. The summed E-state index contributed by atoms with van der Waals surface area (Å²) < 4.78 is 10.6. The number of amides is 1. The number of nitrogens with zero attached hydrogens (tertiary/aromatic N) is 1. The lowest BCUT2D eigenvalue weighted by Gasteiger charge is -2.13. The van der Waals surface area contributed by atoms with Gasteiger partial charge in [-0.25, -0.2) is 0 Å². The highest BCUT2D eigenvalue weighted by atomic mass is 16.5. The van der Waals surface area contributed by atoms with Gasteiger partial charge in [0.25, 0.3) is 5.91 Å². The number of fused-ring (bicyclic) bond motifs is 1. The molecule has 0 radical (unpaired) electrons. The second-order valence-corrected chi connectivity index (χ2v) is 5.02. The first-order valence-electron chi connectivity index (χ1n) is 6.85. The first-order chi connectivity index (χ1) is 10.8. The summed E-state index contributed by atoms with van der Waals surface area (Å²) in [5, 5.41) is 9.98. The molecule has 1 aliphatic rings. The zero-order valence-corrected chi connectivity index (χ0v) is 11.8. The van der Waals surface area contributed by atoms with Crippen LogP contribution < -0.4 is 10.1 Å². The van der Waals surface area contributed by atoms with Gasteiger partial charge in [0, 0.05) is 5.56 Å². The van der Waals surface area contributed by atoms with E-state index in [9.17, 15) is 4.79 Å². The van der Waals surface area contributed by atoms with Crippen molar-refractivity contribution in [1.29, 1.82) is 0 Å². The molecule has 0 aliphatic carbocycles. The van der Waals surface area contributed by atoms with E-state index in [4.69, 9.17) is 9.15 Å². The van der Waals surface area contributed by atoms with E-state index in [1.165, 1.54) is 0 Å². The van der Waals surface area contributed by atoms with Crippen LogP contribution in [0.5, 0.6) is 5.75 Å². The minimum Gasteiger partial charge on any atom is -0.497 e. The molecule has 1 amide bonds. The Labute approximate surface area is 126 Å². The number of benzene rings is 1. The van der Waals surface area contributed by atoms with Gasteiger partial charge in [-0.2, -0.15) is 5.10 Å². The highest BCUT2D eigenvalue weighted by Gasteiger charge is 2.36. The molecule has 6 nitrogen and oxygen atoms in total. The second-order valence-electron chi connectivity index (χ2n) is 5.02. The summed E-state index contributed by atoms with van der Waals surface area (Å²) in [4.78, 5) is 12.1. The molecule has 2 N–H and O–H groups in total. The number of ether oxygens (including phenoxy) is 1. The van der Waals surface area contributed by atoms with Crippen LogP contribution in [0.2, 0.25) is 0 Å². The SMILES string of the molecule is COc1ccc([C@H]2NC(=O)c3n[nH]c(-c4ccco4)c32)cc1. The molecule has 0 saturated heterocycles. The maximum absolute atomic E-state index is 12.1. The predicted octanol–water partition coefficient (Wildman–Crippen LogP) is 2.51. The summed E-state index contributed by atoms with van der Waals surface area (Å²) in [6.07, 6.45) is 1.59. The monoisotopic (exact) mass is 295 g/mol. The number of furan rings is 1. The smallest absolute Gasteiger partial charge is 0.272 e. The molecular formula is C16H13N3O3. The van der Waals surface area contributed by atoms with E-state index in [-0.39, 0.29) is 11.9 Å². The van der Waals surface area contributed by atoms with Crippen LogP contribution in [-0.2, 0) is 0 Å². The molecule has 6 heteroatoms. The van der Waals surface area contributed by atoms with Gasteiger partial charge in [-0.15, -0.1) is 0 Å². The van der Waals surface area contributed by atoms with Crippen LogP contribution >= 0.6 is 0 Å². The van der Waals surface area contributed by atoms with Crippen LogP contribution in [0.15, 0.2) is 47.1 Å². The molecule has 3 heterocycles. The first-order valence-corrected chi connectivity index (χ1v) is 6.85. The molecular weight excluding hydrogens is 282 g/mol. The predicted molar refractivity (Wildman–Crippen MR) is 78.6 cm³/mol. The molecule has 110 valence electrons. The van der Waals surface area contributed by atoms with Crippen LogP contribution in [0, 0.1) is 0 Å². The largest absolute Gasteiger partial charge is 0.497 e. The molecule has 1 atom stereocenters. The van der Waals surface area contributed by atoms with Gasteiger partial charge in [-0.3, -0.25) is 9.89 Å². The van der Waals surface area contributed by atoms with Gasteiger partial charge in [0.2, 0.25) is 0 Å². The molecule has 3 aromatic rings. The molecule has 2 aromatic heterocycles. The van der Waals surface area contributed by atoms with Crippen LogP contribution in [0.1, 0.15) is 27.7 Å². The Morgan fingerprint density at radius 1 is 1.23 bits per heavy atom. The lowest BCUT2D eigenvalue weighted by Crippen LogP contribution is -2.21. The number of hydrogen-bond donors (Lipinski definition) is 2. The third-order valence-corrected chi connectivity index (χ3v) is 3.80. The highest BCUT2D eigenvalue weighted by molar-refractivity contribution is 5.99. The molecule has 22 heavy (non-hydrogen) atoms. The normalized spacial score (nSPS) is 16.4. The van der Waals surface area contributed by atoms with Gasteiger partial charge >= 0.3 is 0 Å². The lowest BCUT2D eigenvalue weighted by molar-refractivity contribution is 0.0955. The van der Waals surface area contributed by atoms with Crippen molar-refractivity contribution in [1.82, 2.24) is 15.5 Å². The van der Waals surface area contributed by atoms with Gasteiger partial charge in [-0.05, 0) is 29.8 Å². The number of methoxy groups -OCH3 is 1. The summed E-state index contributed by atoms with van der Waals surface area (Å²) in [5.41, 5.74) is 2.90. The highest BCUT2D eigenvalue weighted by Crippen LogP contribution is 2.37. The van der Waals surface area contributed by atoms with Crippen molar-refractivity contribution in [2.45, 2.75) is 6.04 Å². The Morgan fingerprint density at radius 3 is 2.73 bits per heavy atom. The Bertz CT molecular complexity index is 819. The van der Waals surface area contributed by atoms with E-state index < -0.39 is 0 Å². The van der Waals surface area contributed by atoms with Crippen LogP contribution in [-0.4, -0.2) is 23.2 Å². The molecule has 1 aliphatic heterocycles. The van der Waals surface area contributed by atoms with Crippen LogP contribution in [0.25, 0.3) is 11.5 Å². The van der Waals surface area contributed by atoms with Crippen molar-refractivity contribution < 1.29 is 13.9 Å². The van der Waals surface area contributed by atoms with Crippen molar-refractivity contribution in [2.75, 3.05) is 7.11 Å². The minimum atomic E-state index is -0.257. The Hall–Kier alpha value is -3.02. The summed E-state index contributed by atoms with van der Waals surface area (Å²) in [6.45, 7) is 0. The van der Waals surface area contributed by atoms with Crippen molar-refractivity contribution in [2.24, 2.45) is 0 Å². The Morgan fingerprint density at radius 2 is 2.05 bits per heavy atom. The van der Waals surface area contributed by atoms with E-state index in [2.05, 4.69) is 15.5 Å². The minimum absolute atomic E-state index is 0.190. The summed E-state index contributed by atoms with van der Waals surface area (Å²) >= 11 is 0. The second kappa shape index (κ2) is 4.77. The number of rotatable bonds is 3. The van der Waals surface area contributed by atoms with Gasteiger partial charge in [-0.1, -0.05) is 12.1 Å². The standard InChI is InChI=1S/C16H13N3O3/c1-21-10-6-4-9(5-7-10)13-12-14(11-3-2-8-22-11)18-19-15(12)16(20)17-13/h2-8,13H,1H3,(H,17,20)(H,18,19)/t13-/m1/s1. The zero-order valence-electron chi connectivity index (χ0n) is 11.8. The van der Waals surface area contributed by atoms with E-state index in [1.807, 2.05) is 30.3 Å². The van der Waals surface area contributed by atoms with Crippen LogP contribution in [0.4, 0.5) is 0 Å². The Kier molecular flexibility index (Phi) is 2.75.